The fourth-order valence-corrected chi connectivity index (χ4v) is 3.36. The summed E-state index contributed by atoms with van der Waals surface area (Å²) in [5, 5.41) is 12.6. The van der Waals surface area contributed by atoms with Gasteiger partial charge in [0.25, 0.3) is 0 Å². The summed E-state index contributed by atoms with van der Waals surface area (Å²) in [6, 6.07) is 19.2. The van der Waals surface area contributed by atoms with Crippen molar-refractivity contribution in [3.05, 3.63) is 89.0 Å². The van der Waals surface area contributed by atoms with Gasteiger partial charge in [-0.2, -0.15) is 0 Å². The van der Waals surface area contributed by atoms with Crippen LogP contribution in [0.2, 0.25) is 0 Å². The second-order valence-electron chi connectivity index (χ2n) is 7.47. The van der Waals surface area contributed by atoms with E-state index in [9.17, 15) is 23.1 Å². The minimum atomic E-state index is -4.70. The van der Waals surface area contributed by atoms with Crippen molar-refractivity contribution in [2.45, 2.75) is 26.1 Å². The Hall–Kier alpha value is -3.32. The summed E-state index contributed by atoms with van der Waals surface area (Å²) < 4.78 is 40.7. The van der Waals surface area contributed by atoms with Crippen LogP contribution in [0.5, 0.6) is 5.75 Å². The number of benzene rings is 3. The van der Waals surface area contributed by atoms with Crippen molar-refractivity contribution in [1.82, 2.24) is 5.32 Å². The van der Waals surface area contributed by atoms with Crippen LogP contribution < -0.4 is 10.1 Å². The molecule has 0 saturated carbocycles. The Bertz CT molecular complexity index is 1050. The highest BCUT2D eigenvalue weighted by Crippen LogP contribution is 2.26. The van der Waals surface area contributed by atoms with Crippen LogP contribution in [0.25, 0.3) is 11.1 Å². The number of carbonyl (C=O) groups is 1. The number of aromatic carboxylic acids is 1. The number of halogens is 3. The molecule has 0 radical (unpaired) electrons. The number of hydrogen-bond donors (Lipinski definition) is 2. The van der Waals surface area contributed by atoms with Gasteiger partial charge in [0.15, 0.2) is 0 Å². The second kappa shape index (κ2) is 10.3. The Kier molecular flexibility index (Phi) is 7.53. The van der Waals surface area contributed by atoms with E-state index in [2.05, 4.69) is 10.1 Å². The summed E-state index contributed by atoms with van der Waals surface area (Å²) >= 11 is 0. The molecule has 0 spiro atoms. The Morgan fingerprint density at radius 1 is 0.875 bits per heavy atom. The second-order valence-corrected chi connectivity index (χ2v) is 7.47. The third-order valence-corrected chi connectivity index (χ3v) is 5.09. The van der Waals surface area contributed by atoms with Crippen molar-refractivity contribution in [3.63, 3.8) is 0 Å². The van der Waals surface area contributed by atoms with Crippen molar-refractivity contribution < 1.29 is 27.8 Å². The highest BCUT2D eigenvalue weighted by atomic mass is 19.4. The molecule has 0 aromatic heterocycles. The molecule has 3 aromatic carbocycles. The molecule has 0 amide bonds. The molecule has 3 rings (SSSR count). The molecule has 0 heterocycles. The average molecular weight is 443 g/mol. The van der Waals surface area contributed by atoms with E-state index in [0.29, 0.717) is 5.56 Å². The SMILES string of the molecule is Cc1ccc(CCNCCc2ccc(-c3ccc(OC(F)(F)F)cc3)cc2)cc1C(=O)O. The molecular formula is C25H24F3NO3. The molecule has 0 fully saturated rings. The summed E-state index contributed by atoms with van der Waals surface area (Å²) in [5.74, 6) is -1.15. The lowest BCUT2D eigenvalue weighted by Crippen LogP contribution is -2.20. The molecule has 168 valence electrons. The van der Waals surface area contributed by atoms with Crippen LogP contribution in [0.3, 0.4) is 0 Å². The van der Waals surface area contributed by atoms with Crippen molar-refractivity contribution in [2.75, 3.05) is 13.1 Å². The van der Waals surface area contributed by atoms with Gasteiger partial charge in [-0.25, -0.2) is 4.79 Å². The standard InChI is InChI=1S/C25H24F3NO3/c1-17-2-3-19(16-23(17)24(30)31)13-15-29-14-12-18-4-6-20(7-5-18)21-8-10-22(11-9-21)32-25(26,27)28/h2-11,16,29H,12-15H2,1H3,(H,30,31). The van der Waals surface area contributed by atoms with Gasteiger partial charge in [0.2, 0.25) is 0 Å². The van der Waals surface area contributed by atoms with Crippen LogP contribution in [0.15, 0.2) is 66.7 Å². The van der Waals surface area contributed by atoms with E-state index in [1.807, 2.05) is 36.4 Å². The van der Waals surface area contributed by atoms with Crippen LogP contribution in [0.1, 0.15) is 27.0 Å². The maximum atomic E-state index is 12.3. The number of hydrogen-bond acceptors (Lipinski definition) is 3. The number of ether oxygens (including phenoxy) is 1. The van der Waals surface area contributed by atoms with Gasteiger partial charge in [0, 0.05) is 0 Å². The zero-order valence-electron chi connectivity index (χ0n) is 17.6. The van der Waals surface area contributed by atoms with E-state index >= 15 is 0 Å². The molecule has 0 aliphatic heterocycles. The summed E-state index contributed by atoms with van der Waals surface area (Å²) in [5.41, 5.74) is 4.93. The number of carboxylic acid groups (broad SMARTS) is 1. The van der Waals surface area contributed by atoms with E-state index in [1.54, 1.807) is 25.1 Å². The van der Waals surface area contributed by atoms with Crippen LogP contribution >= 0.6 is 0 Å². The predicted octanol–water partition coefficient (Wildman–Crippen LogP) is 5.63. The largest absolute Gasteiger partial charge is 0.573 e. The Morgan fingerprint density at radius 2 is 1.41 bits per heavy atom. The van der Waals surface area contributed by atoms with Gasteiger partial charge < -0.3 is 15.2 Å². The summed E-state index contributed by atoms with van der Waals surface area (Å²) in [6.07, 6.45) is -3.13. The van der Waals surface area contributed by atoms with Gasteiger partial charge in [0.1, 0.15) is 5.75 Å². The minimum Gasteiger partial charge on any atom is -0.478 e. The van der Waals surface area contributed by atoms with E-state index in [0.717, 1.165) is 53.7 Å². The number of aryl methyl sites for hydroxylation is 1. The first kappa shape index (κ1) is 23.3. The minimum absolute atomic E-state index is 0.242. The molecule has 3 aromatic rings. The molecule has 4 nitrogen and oxygen atoms in total. The fourth-order valence-electron chi connectivity index (χ4n) is 3.36. The third kappa shape index (κ3) is 6.85. The first-order valence-electron chi connectivity index (χ1n) is 10.2. The zero-order valence-corrected chi connectivity index (χ0v) is 17.6. The number of nitrogens with one attached hydrogen (secondary N) is 1. The molecule has 0 unspecified atom stereocenters. The summed E-state index contributed by atoms with van der Waals surface area (Å²) in [6.45, 7) is 3.31. The van der Waals surface area contributed by atoms with Gasteiger partial charge >= 0.3 is 12.3 Å². The maximum Gasteiger partial charge on any atom is 0.573 e. The molecule has 7 heteroatoms. The van der Waals surface area contributed by atoms with Crippen molar-refractivity contribution in [2.24, 2.45) is 0 Å². The molecule has 0 bridgehead atoms. The summed E-state index contributed by atoms with van der Waals surface area (Å²) in [4.78, 5) is 11.2. The van der Waals surface area contributed by atoms with Crippen LogP contribution in [-0.2, 0) is 12.8 Å². The highest BCUT2D eigenvalue weighted by molar-refractivity contribution is 5.89. The molecule has 32 heavy (non-hydrogen) atoms. The lowest BCUT2D eigenvalue weighted by molar-refractivity contribution is -0.274. The zero-order chi connectivity index (χ0) is 23.1. The van der Waals surface area contributed by atoms with E-state index < -0.39 is 12.3 Å². The van der Waals surface area contributed by atoms with E-state index in [4.69, 9.17) is 0 Å². The third-order valence-electron chi connectivity index (χ3n) is 5.09. The average Bonchev–Trinajstić information content (AvgIpc) is 2.74. The lowest BCUT2D eigenvalue weighted by Gasteiger charge is -2.10. The highest BCUT2D eigenvalue weighted by Gasteiger charge is 2.30. The molecule has 0 atom stereocenters. The molecule has 0 aliphatic carbocycles. The summed E-state index contributed by atoms with van der Waals surface area (Å²) in [7, 11) is 0. The maximum absolute atomic E-state index is 12.3. The van der Waals surface area contributed by atoms with Gasteiger partial charge in [-0.15, -0.1) is 13.2 Å². The first-order valence-corrected chi connectivity index (χ1v) is 10.2. The van der Waals surface area contributed by atoms with E-state index in [-0.39, 0.29) is 5.75 Å². The Balaban J connectivity index is 1.45. The quantitative estimate of drug-likeness (QED) is 0.421. The van der Waals surface area contributed by atoms with Gasteiger partial charge in [0.05, 0.1) is 5.56 Å². The van der Waals surface area contributed by atoms with E-state index in [1.165, 1.54) is 12.1 Å². The Morgan fingerprint density at radius 3 is 1.97 bits per heavy atom. The van der Waals surface area contributed by atoms with Crippen LogP contribution in [0, 0.1) is 6.92 Å². The monoisotopic (exact) mass is 443 g/mol. The molecule has 0 aliphatic rings. The van der Waals surface area contributed by atoms with Crippen LogP contribution in [0.4, 0.5) is 13.2 Å². The van der Waals surface area contributed by atoms with Gasteiger partial charge in [-0.05, 0) is 78.9 Å². The molecular weight excluding hydrogens is 419 g/mol. The van der Waals surface area contributed by atoms with Crippen molar-refractivity contribution in [3.8, 4) is 16.9 Å². The Labute approximate surface area is 184 Å². The van der Waals surface area contributed by atoms with Gasteiger partial charge in [-0.1, -0.05) is 48.5 Å². The molecule has 0 saturated heterocycles. The smallest absolute Gasteiger partial charge is 0.478 e. The van der Waals surface area contributed by atoms with Crippen LogP contribution in [-0.4, -0.2) is 30.5 Å². The topological polar surface area (TPSA) is 58.6 Å². The molecule has 2 N–H and O–H groups in total. The number of carboxylic acids is 1. The van der Waals surface area contributed by atoms with Crippen molar-refractivity contribution in [1.29, 1.82) is 0 Å². The predicted molar refractivity (Wildman–Crippen MR) is 117 cm³/mol. The van der Waals surface area contributed by atoms with Gasteiger partial charge in [-0.3, -0.25) is 0 Å². The van der Waals surface area contributed by atoms with Crippen molar-refractivity contribution >= 4 is 5.97 Å². The fraction of sp³-hybridized carbons (Fsp3) is 0.240. The number of alkyl halides is 3. The normalized spacial score (nSPS) is 11.4. The number of rotatable bonds is 9. The lowest BCUT2D eigenvalue weighted by atomic mass is 10.0. The first-order chi connectivity index (χ1) is 15.2.